The molecule has 20 heavy (non-hydrogen) atoms. The van der Waals surface area contributed by atoms with E-state index < -0.39 is 5.97 Å². The highest BCUT2D eigenvalue weighted by Crippen LogP contribution is 2.28. The van der Waals surface area contributed by atoms with Crippen molar-refractivity contribution in [3.8, 4) is 0 Å². The highest BCUT2D eigenvalue weighted by atomic mass is 16.4. The lowest BCUT2D eigenvalue weighted by atomic mass is 9.85. The van der Waals surface area contributed by atoms with Gasteiger partial charge in [0.05, 0.1) is 5.92 Å². The van der Waals surface area contributed by atoms with Crippen molar-refractivity contribution in [1.82, 2.24) is 10.2 Å². The van der Waals surface area contributed by atoms with Gasteiger partial charge in [-0.2, -0.15) is 0 Å². The molecule has 2 saturated carbocycles. The van der Waals surface area contributed by atoms with Crippen LogP contribution in [0.25, 0.3) is 0 Å². The van der Waals surface area contributed by atoms with Crippen LogP contribution in [0.15, 0.2) is 0 Å². The van der Waals surface area contributed by atoms with Gasteiger partial charge in [-0.05, 0) is 38.0 Å². The molecule has 0 aliphatic heterocycles. The van der Waals surface area contributed by atoms with Gasteiger partial charge in [0.15, 0.2) is 0 Å². The number of carboxylic acids is 1. The average molecular weight is 282 g/mol. The van der Waals surface area contributed by atoms with Crippen molar-refractivity contribution in [2.24, 2.45) is 11.8 Å². The molecule has 2 aliphatic carbocycles. The van der Waals surface area contributed by atoms with E-state index in [2.05, 4.69) is 12.2 Å². The summed E-state index contributed by atoms with van der Waals surface area (Å²) in [6.07, 6.45) is 6.73. The molecule has 2 unspecified atom stereocenters. The number of hydrogen-bond donors (Lipinski definition) is 2. The Labute approximate surface area is 120 Å². The predicted octanol–water partition coefficient (Wildman–Crippen LogP) is 2.46. The van der Waals surface area contributed by atoms with Gasteiger partial charge in [0.2, 0.25) is 0 Å². The Bertz CT molecular complexity index is 372. The number of hydrogen-bond acceptors (Lipinski definition) is 2. The Hall–Kier alpha value is -1.26. The van der Waals surface area contributed by atoms with E-state index in [4.69, 9.17) is 5.11 Å². The summed E-state index contributed by atoms with van der Waals surface area (Å²) < 4.78 is 0. The number of rotatable bonds is 3. The molecule has 2 fully saturated rings. The molecule has 0 spiro atoms. The second-order valence-corrected chi connectivity index (χ2v) is 6.43. The zero-order valence-electron chi connectivity index (χ0n) is 12.5. The summed E-state index contributed by atoms with van der Waals surface area (Å²) >= 11 is 0. The fraction of sp³-hybridized carbons (Fsp3) is 0.867. The van der Waals surface area contributed by atoms with Crippen LogP contribution in [0, 0.1) is 11.8 Å². The van der Waals surface area contributed by atoms with Crippen molar-refractivity contribution in [3.63, 3.8) is 0 Å². The van der Waals surface area contributed by atoms with Gasteiger partial charge < -0.3 is 15.3 Å². The number of carboxylic acid groups (broad SMARTS) is 1. The summed E-state index contributed by atoms with van der Waals surface area (Å²) in [6.45, 7) is 2.21. The molecule has 2 aliphatic rings. The number of amides is 2. The largest absolute Gasteiger partial charge is 0.481 e. The van der Waals surface area contributed by atoms with Crippen LogP contribution in [0.3, 0.4) is 0 Å². The Kier molecular flexibility index (Phi) is 4.89. The standard InChI is InChI=1S/C15H26N2O3/c1-10-5-3-4-6-13(10)17(2)15(20)16-12-8-7-11(9-12)14(18)19/h10-13H,3-9H2,1-2H3,(H,16,20)(H,18,19)/t10?,11-,12+,13?/m1/s1. The van der Waals surface area contributed by atoms with Crippen LogP contribution >= 0.6 is 0 Å². The molecule has 2 rings (SSSR count). The molecule has 0 saturated heterocycles. The minimum Gasteiger partial charge on any atom is -0.481 e. The summed E-state index contributed by atoms with van der Waals surface area (Å²) in [4.78, 5) is 25.1. The van der Waals surface area contributed by atoms with E-state index in [1.807, 2.05) is 11.9 Å². The van der Waals surface area contributed by atoms with E-state index in [9.17, 15) is 9.59 Å². The maximum atomic E-state index is 12.3. The molecule has 5 heteroatoms. The third-order valence-electron chi connectivity index (χ3n) is 4.99. The van der Waals surface area contributed by atoms with Crippen LogP contribution in [0.4, 0.5) is 4.79 Å². The number of aliphatic carboxylic acids is 1. The van der Waals surface area contributed by atoms with Gasteiger partial charge in [-0.25, -0.2) is 4.79 Å². The van der Waals surface area contributed by atoms with Crippen molar-refractivity contribution in [2.45, 2.75) is 64.0 Å². The number of carbonyl (C=O) groups is 2. The van der Waals surface area contributed by atoms with Crippen molar-refractivity contribution in [1.29, 1.82) is 0 Å². The summed E-state index contributed by atoms with van der Waals surface area (Å²) in [5, 5.41) is 12.0. The molecular formula is C15H26N2O3. The molecule has 0 heterocycles. The topological polar surface area (TPSA) is 69.6 Å². The van der Waals surface area contributed by atoms with E-state index in [-0.39, 0.29) is 18.0 Å². The van der Waals surface area contributed by atoms with Gasteiger partial charge in [0.1, 0.15) is 0 Å². The number of urea groups is 1. The molecule has 4 atom stereocenters. The van der Waals surface area contributed by atoms with Gasteiger partial charge >= 0.3 is 12.0 Å². The molecule has 2 amide bonds. The van der Waals surface area contributed by atoms with Crippen LogP contribution in [0.2, 0.25) is 0 Å². The van der Waals surface area contributed by atoms with E-state index in [0.717, 1.165) is 12.8 Å². The first-order valence-corrected chi connectivity index (χ1v) is 7.75. The SMILES string of the molecule is CC1CCCCC1N(C)C(=O)N[C@H]1CC[C@@H](C(=O)O)C1. The summed E-state index contributed by atoms with van der Waals surface area (Å²) in [5.74, 6) is -0.481. The number of nitrogens with zero attached hydrogens (tertiary/aromatic N) is 1. The molecule has 0 radical (unpaired) electrons. The quantitative estimate of drug-likeness (QED) is 0.835. The smallest absolute Gasteiger partial charge is 0.317 e. The summed E-state index contributed by atoms with van der Waals surface area (Å²) in [7, 11) is 1.87. The van der Waals surface area contributed by atoms with E-state index in [1.165, 1.54) is 19.3 Å². The third-order valence-corrected chi connectivity index (χ3v) is 4.99. The van der Waals surface area contributed by atoms with E-state index >= 15 is 0 Å². The van der Waals surface area contributed by atoms with Gasteiger partial charge in [-0.3, -0.25) is 4.79 Å². The molecule has 0 aromatic heterocycles. The minimum atomic E-state index is -0.740. The Balaban J connectivity index is 1.84. The molecule has 114 valence electrons. The molecule has 0 aromatic carbocycles. The highest BCUT2D eigenvalue weighted by molar-refractivity contribution is 5.75. The zero-order chi connectivity index (χ0) is 14.7. The van der Waals surface area contributed by atoms with Gasteiger partial charge in [-0.1, -0.05) is 19.8 Å². The lowest BCUT2D eigenvalue weighted by Crippen LogP contribution is -2.49. The number of nitrogens with one attached hydrogen (secondary N) is 1. The van der Waals surface area contributed by atoms with Gasteiger partial charge in [0.25, 0.3) is 0 Å². The average Bonchev–Trinajstić information content (AvgIpc) is 2.87. The lowest BCUT2D eigenvalue weighted by molar-refractivity contribution is -0.141. The van der Waals surface area contributed by atoms with Crippen molar-refractivity contribution < 1.29 is 14.7 Å². The first-order chi connectivity index (χ1) is 9.49. The molecular weight excluding hydrogens is 256 g/mol. The first kappa shape index (κ1) is 15.1. The maximum Gasteiger partial charge on any atom is 0.317 e. The first-order valence-electron chi connectivity index (χ1n) is 7.75. The monoisotopic (exact) mass is 282 g/mol. The fourth-order valence-corrected chi connectivity index (χ4v) is 3.64. The second kappa shape index (κ2) is 6.46. The zero-order valence-corrected chi connectivity index (χ0v) is 12.5. The molecule has 0 aromatic rings. The molecule has 2 N–H and O–H groups in total. The van der Waals surface area contributed by atoms with Crippen molar-refractivity contribution in [2.75, 3.05) is 7.05 Å². The second-order valence-electron chi connectivity index (χ2n) is 6.43. The summed E-state index contributed by atoms with van der Waals surface area (Å²) in [6, 6.07) is 0.296. The minimum absolute atomic E-state index is 0.0185. The Morgan fingerprint density at radius 1 is 1.15 bits per heavy atom. The van der Waals surface area contributed by atoms with E-state index in [0.29, 0.717) is 24.8 Å². The third kappa shape index (κ3) is 3.44. The number of carbonyl (C=O) groups excluding carboxylic acids is 1. The Morgan fingerprint density at radius 3 is 2.45 bits per heavy atom. The van der Waals surface area contributed by atoms with Crippen LogP contribution in [-0.2, 0) is 4.79 Å². The van der Waals surface area contributed by atoms with Gasteiger partial charge in [0, 0.05) is 19.1 Å². The van der Waals surface area contributed by atoms with Gasteiger partial charge in [-0.15, -0.1) is 0 Å². The van der Waals surface area contributed by atoms with E-state index in [1.54, 1.807) is 0 Å². The van der Waals surface area contributed by atoms with Crippen LogP contribution < -0.4 is 5.32 Å². The van der Waals surface area contributed by atoms with Crippen LogP contribution in [0.1, 0.15) is 51.9 Å². The highest BCUT2D eigenvalue weighted by Gasteiger charge is 2.33. The lowest BCUT2D eigenvalue weighted by Gasteiger charge is -2.36. The Morgan fingerprint density at radius 2 is 1.85 bits per heavy atom. The molecule has 5 nitrogen and oxygen atoms in total. The van der Waals surface area contributed by atoms with Crippen molar-refractivity contribution in [3.05, 3.63) is 0 Å². The molecule has 0 bridgehead atoms. The van der Waals surface area contributed by atoms with Crippen molar-refractivity contribution >= 4 is 12.0 Å². The normalized spacial score (nSPS) is 33.7. The fourth-order valence-electron chi connectivity index (χ4n) is 3.64. The van der Waals surface area contributed by atoms with Crippen LogP contribution in [0.5, 0.6) is 0 Å². The predicted molar refractivity (Wildman–Crippen MR) is 76.5 cm³/mol. The van der Waals surface area contributed by atoms with Crippen LogP contribution in [-0.4, -0.2) is 41.1 Å². The summed E-state index contributed by atoms with van der Waals surface area (Å²) in [5.41, 5.74) is 0. The maximum absolute atomic E-state index is 12.3.